The Morgan fingerprint density at radius 1 is 0.886 bits per heavy atom. The van der Waals surface area contributed by atoms with Crippen molar-refractivity contribution in [1.82, 2.24) is 26.2 Å². The van der Waals surface area contributed by atoms with Gasteiger partial charge in [-0.2, -0.15) is 0 Å². The fourth-order valence-corrected chi connectivity index (χ4v) is 5.58. The second-order valence-corrected chi connectivity index (χ2v) is 12.0. The van der Waals surface area contributed by atoms with E-state index in [0.29, 0.717) is 32.2 Å². The molecule has 1 aliphatic carbocycles. The average molecular weight is 620 g/mol. The highest BCUT2D eigenvalue weighted by Gasteiger charge is 2.41. The van der Waals surface area contributed by atoms with Crippen molar-refractivity contribution in [3.63, 3.8) is 0 Å². The molecule has 0 bridgehead atoms. The van der Waals surface area contributed by atoms with Crippen LogP contribution in [0.1, 0.15) is 70.6 Å². The van der Waals surface area contributed by atoms with Crippen LogP contribution in [0, 0.1) is 23.7 Å². The molecule has 1 saturated heterocycles. The Morgan fingerprint density at radius 3 is 2.16 bits per heavy atom. The molecule has 6 amide bonds. The van der Waals surface area contributed by atoms with Crippen LogP contribution in [-0.4, -0.2) is 78.3 Å². The fraction of sp³-hybridized carbons (Fsp3) is 0.594. The molecule has 1 aliphatic heterocycles. The van der Waals surface area contributed by atoms with Gasteiger partial charge in [-0.1, -0.05) is 51.1 Å². The molecule has 44 heavy (non-hydrogen) atoms. The third-order valence-electron chi connectivity index (χ3n) is 8.40. The van der Waals surface area contributed by atoms with Crippen LogP contribution in [0.25, 0.3) is 0 Å². The molecular formula is C32H53N5O7. The summed E-state index contributed by atoms with van der Waals surface area (Å²) in [6.45, 7) is 5.16. The van der Waals surface area contributed by atoms with Gasteiger partial charge in [0.2, 0.25) is 35.4 Å². The number of ketones is 1. The maximum atomic E-state index is 12.7. The predicted molar refractivity (Wildman–Crippen MR) is 170 cm³/mol. The Morgan fingerprint density at radius 2 is 1.55 bits per heavy atom. The van der Waals surface area contributed by atoms with E-state index in [4.69, 9.17) is 0 Å². The van der Waals surface area contributed by atoms with Crippen molar-refractivity contribution in [2.24, 2.45) is 23.7 Å². The number of imide groups is 1. The first-order valence-electron chi connectivity index (χ1n) is 15.5. The number of nitrogens with zero attached hydrogens (tertiary/aromatic N) is 1. The molecule has 2 fully saturated rings. The van der Waals surface area contributed by atoms with Crippen LogP contribution >= 0.6 is 0 Å². The molecule has 12 nitrogen and oxygen atoms in total. The maximum Gasteiger partial charge on any atom is 0.243 e. The molecule has 3 rings (SSSR count). The van der Waals surface area contributed by atoms with Crippen LogP contribution in [0.15, 0.2) is 30.3 Å². The Kier molecular flexibility index (Phi) is 13.0. The van der Waals surface area contributed by atoms with E-state index < -0.39 is 30.3 Å². The molecule has 4 N–H and O–H groups in total. The van der Waals surface area contributed by atoms with Gasteiger partial charge in [-0.3, -0.25) is 38.5 Å². The van der Waals surface area contributed by atoms with E-state index in [1.165, 1.54) is 4.90 Å². The molecule has 12 heteroatoms. The van der Waals surface area contributed by atoms with Crippen molar-refractivity contribution in [2.45, 2.75) is 71.8 Å². The van der Waals surface area contributed by atoms with Crippen LogP contribution in [0.2, 0.25) is 0 Å². The number of carbonyl (C=O) groups is 7. The van der Waals surface area contributed by atoms with Gasteiger partial charge in [0, 0.05) is 43.3 Å². The highest BCUT2D eigenvalue weighted by molar-refractivity contribution is 6.03. The maximum absolute atomic E-state index is 12.7. The Hall–Kier alpha value is -4.09. The lowest BCUT2D eigenvalue weighted by Crippen LogP contribution is -2.51. The van der Waals surface area contributed by atoms with Gasteiger partial charge in [0.1, 0.15) is 6.04 Å². The molecule has 1 heterocycles. The van der Waals surface area contributed by atoms with Crippen molar-refractivity contribution in [1.29, 1.82) is 0 Å². The number of rotatable bonds is 15. The van der Waals surface area contributed by atoms with Crippen LogP contribution in [0.3, 0.4) is 0 Å². The van der Waals surface area contributed by atoms with Gasteiger partial charge in [0.15, 0.2) is 5.78 Å². The third kappa shape index (κ3) is 10.3. The van der Waals surface area contributed by atoms with Gasteiger partial charge in [0.05, 0.1) is 19.6 Å². The Bertz CT molecular complexity index is 1230. The quantitative estimate of drug-likeness (QED) is 0.217. The first kappa shape index (κ1) is 34.4. The number of carbonyl (C=O) groups excluding carboxylic acids is 7. The lowest BCUT2D eigenvalue weighted by Gasteiger charge is -2.30. The summed E-state index contributed by atoms with van der Waals surface area (Å²) in [5.74, 6) is -2.50. The molecule has 2 unspecified atom stereocenters. The fourth-order valence-electron chi connectivity index (χ4n) is 5.58. The van der Waals surface area contributed by atoms with Crippen molar-refractivity contribution >= 4 is 41.2 Å². The first-order valence-corrected chi connectivity index (χ1v) is 15.5. The summed E-state index contributed by atoms with van der Waals surface area (Å²) in [6, 6.07) is 8.15. The second kappa shape index (κ2) is 16.7. The number of likely N-dealkylation sites (tertiary alicyclic amines) is 1. The van der Waals surface area contributed by atoms with E-state index in [-0.39, 0.29) is 85.2 Å². The van der Waals surface area contributed by atoms with E-state index in [1.54, 1.807) is 6.92 Å². The summed E-state index contributed by atoms with van der Waals surface area (Å²) in [5, 5.41) is 10.2. The number of nitrogens with one attached hydrogen (secondary N) is 4. The normalized spacial score (nSPS) is 20.6. The number of hydrogen-bond donors (Lipinski definition) is 4. The van der Waals surface area contributed by atoms with Crippen molar-refractivity contribution in [3.8, 4) is 0 Å². The van der Waals surface area contributed by atoms with Crippen molar-refractivity contribution in [2.75, 3.05) is 26.2 Å². The first-order chi connectivity index (χ1) is 21.0. The molecule has 1 aromatic rings. The second-order valence-electron chi connectivity index (χ2n) is 12.0. The van der Waals surface area contributed by atoms with Crippen LogP contribution in [0.4, 0.5) is 0 Å². The van der Waals surface area contributed by atoms with Crippen LogP contribution < -0.4 is 21.3 Å². The predicted octanol–water partition coefficient (Wildman–Crippen LogP) is 1.86. The minimum Gasteiger partial charge on any atom is -0.347 e. The van der Waals surface area contributed by atoms with Crippen LogP contribution in [0.5, 0.6) is 0 Å². The smallest absolute Gasteiger partial charge is 0.243 e. The van der Waals surface area contributed by atoms with Gasteiger partial charge < -0.3 is 21.3 Å². The largest absolute Gasteiger partial charge is 0.347 e. The Balaban J connectivity index is 0. The number of hydrogen-bond acceptors (Lipinski definition) is 7. The summed E-state index contributed by atoms with van der Waals surface area (Å²) in [4.78, 5) is 88.3. The number of Topliss-reactive ketones (excluding diaryl/α,β-unsaturated/α-hetero) is 1. The zero-order valence-electron chi connectivity index (χ0n) is 25.9. The lowest BCUT2D eigenvalue weighted by molar-refractivity contribution is -0.141. The molecule has 2 aliphatic rings. The molecule has 1 saturated carbocycles. The monoisotopic (exact) mass is 619 g/mol. The summed E-state index contributed by atoms with van der Waals surface area (Å²) >= 11 is 0. The molecule has 0 spiro atoms. The average Bonchev–Trinajstić information content (AvgIpc) is 3.30. The Labute approximate surface area is 264 Å². The highest BCUT2D eigenvalue weighted by Crippen LogP contribution is 2.33. The standard InChI is InChI=1S/C32H45N5O7.4H2/c1-4-24(38)16-34-31(43)26(14-21-8-6-5-7-9-21)36-28(40)18-33-27(39)17-35-30(42)23-12-10-22(11-13-23)19-37-29(41)15-25(20(2)3)32(37)44;;;;/h5-9,20,22-23,25-26H,4,10-19H2,1-3H3,(H,33,39)(H,34,43)(H,35,42)(H,36,40);4*1H. The van der Waals surface area contributed by atoms with E-state index in [0.717, 1.165) is 5.56 Å². The number of benzene rings is 1. The summed E-state index contributed by atoms with van der Waals surface area (Å²) in [6.07, 6.45) is 3.35. The topological polar surface area (TPSA) is 171 Å². The molecule has 0 aromatic heterocycles. The summed E-state index contributed by atoms with van der Waals surface area (Å²) < 4.78 is 0. The molecule has 248 valence electrons. The lowest BCUT2D eigenvalue weighted by atomic mass is 9.81. The molecule has 0 radical (unpaired) electrons. The van der Waals surface area contributed by atoms with Gasteiger partial charge in [-0.05, 0) is 43.1 Å². The SMILES string of the molecule is CCC(=O)CNC(=O)C(Cc1ccccc1)NC(=O)CNC(=O)CNC(=O)C1CCC(CN2C(=O)CC(C(C)C)C2=O)CC1.[HH].[HH].[HH].[HH]. The third-order valence-corrected chi connectivity index (χ3v) is 8.40. The van der Waals surface area contributed by atoms with Gasteiger partial charge >= 0.3 is 0 Å². The number of amides is 6. The summed E-state index contributed by atoms with van der Waals surface area (Å²) in [7, 11) is 0. The highest BCUT2D eigenvalue weighted by atomic mass is 16.2. The van der Waals surface area contributed by atoms with E-state index >= 15 is 0 Å². The van der Waals surface area contributed by atoms with Gasteiger partial charge in [-0.25, -0.2) is 0 Å². The van der Waals surface area contributed by atoms with E-state index in [9.17, 15) is 33.6 Å². The van der Waals surface area contributed by atoms with Crippen molar-refractivity contribution in [3.05, 3.63) is 35.9 Å². The minimum absolute atomic E-state index is 0. The zero-order chi connectivity index (χ0) is 32.2. The summed E-state index contributed by atoms with van der Waals surface area (Å²) in [5.41, 5.74) is 0.813. The van der Waals surface area contributed by atoms with Crippen molar-refractivity contribution < 1.29 is 39.3 Å². The van der Waals surface area contributed by atoms with Gasteiger partial charge in [-0.15, -0.1) is 0 Å². The molecular weight excluding hydrogens is 566 g/mol. The van der Waals surface area contributed by atoms with E-state index in [2.05, 4.69) is 21.3 Å². The van der Waals surface area contributed by atoms with Gasteiger partial charge in [0.25, 0.3) is 0 Å². The van der Waals surface area contributed by atoms with Crippen LogP contribution in [-0.2, 0) is 40.0 Å². The minimum atomic E-state index is -0.945. The zero-order valence-corrected chi connectivity index (χ0v) is 25.9. The molecule has 2 atom stereocenters. The van der Waals surface area contributed by atoms with E-state index in [1.807, 2.05) is 44.2 Å². The molecule has 1 aromatic carbocycles.